The van der Waals surface area contributed by atoms with Crippen LogP contribution in [0.1, 0.15) is 13.8 Å². The Labute approximate surface area is 140 Å². The Morgan fingerprint density at radius 1 is 1.00 bits per heavy atom. The maximum Gasteiger partial charge on any atom is 0.167 e. The molecule has 1 N–H and O–H groups in total. The smallest absolute Gasteiger partial charge is 0.167 e. The van der Waals surface area contributed by atoms with E-state index >= 15 is 0 Å². The van der Waals surface area contributed by atoms with Gasteiger partial charge in [0.25, 0.3) is 0 Å². The molecule has 1 aromatic heterocycles. The van der Waals surface area contributed by atoms with Gasteiger partial charge in [-0.15, -0.1) is 0 Å². The third-order valence-electron chi connectivity index (χ3n) is 3.65. The normalized spacial score (nSPS) is 12.1. The SMILES string of the molecule is CC(=O)C(C)Sc1nc(-c2ccccc2)c(-c2ccccc2)[nH]1. The van der Waals surface area contributed by atoms with Crippen molar-refractivity contribution in [1.82, 2.24) is 9.97 Å². The summed E-state index contributed by atoms with van der Waals surface area (Å²) in [6.07, 6.45) is 0. The van der Waals surface area contributed by atoms with Crippen LogP contribution in [-0.2, 0) is 4.79 Å². The van der Waals surface area contributed by atoms with E-state index in [1.54, 1.807) is 6.92 Å². The van der Waals surface area contributed by atoms with Crippen molar-refractivity contribution < 1.29 is 4.79 Å². The number of benzene rings is 2. The summed E-state index contributed by atoms with van der Waals surface area (Å²) < 4.78 is 0. The van der Waals surface area contributed by atoms with Crippen LogP contribution in [0.25, 0.3) is 22.5 Å². The average molecular weight is 322 g/mol. The maximum atomic E-state index is 11.5. The fraction of sp³-hybridized carbons (Fsp3) is 0.158. The fourth-order valence-electron chi connectivity index (χ4n) is 2.28. The lowest BCUT2D eigenvalue weighted by Gasteiger charge is -2.03. The van der Waals surface area contributed by atoms with Crippen molar-refractivity contribution in [2.75, 3.05) is 0 Å². The van der Waals surface area contributed by atoms with Crippen LogP contribution in [-0.4, -0.2) is 21.0 Å². The molecule has 3 rings (SSSR count). The Kier molecular flexibility index (Phi) is 4.63. The van der Waals surface area contributed by atoms with Crippen LogP contribution in [0, 0.1) is 0 Å². The van der Waals surface area contributed by atoms with Crippen LogP contribution in [0.2, 0.25) is 0 Å². The van der Waals surface area contributed by atoms with Crippen molar-refractivity contribution >= 4 is 17.5 Å². The van der Waals surface area contributed by atoms with Gasteiger partial charge in [-0.25, -0.2) is 4.98 Å². The Balaban J connectivity index is 2.06. The number of H-pyrrole nitrogens is 1. The van der Waals surface area contributed by atoms with Gasteiger partial charge in [-0.05, 0) is 13.8 Å². The van der Waals surface area contributed by atoms with Gasteiger partial charge in [-0.1, -0.05) is 72.4 Å². The standard InChI is InChI=1S/C19H18N2OS/c1-13(22)14(2)23-19-20-17(15-9-5-3-6-10-15)18(21-19)16-11-7-4-8-12-16/h3-12,14H,1-2H3,(H,20,21). The summed E-state index contributed by atoms with van der Waals surface area (Å²) in [5.41, 5.74) is 4.04. The number of imidazole rings is 1. The molecule has 0 saturated carbocycles. The first-order chi connectivity index (χ1) is 11.1. The summed E-state index contributed by atoms with van der Waals surface area (Å²) in [5.74, 6) is 0.147. The number of aromatic amines is 1. The number of thioether (sulfide) groups is 1. The van der Waals surface area contributed by atoms with Gasteiger partial charge >= 0.3 is 0 Å². The molecular formula is C19H18N2OS. The van der Waals surface area contributed by atoms with E-state index in [-0.39, 0.29) is 11.0 Å². The quantitative estimate of drug-likeness (QED) is 0.685. The Morgan fingerprint density at radius 2 is 1.57 bits per heavy atom. The summed E-state index contributed by atoms with van der Waals surface area (Å²) in [6, 6.07) is 20.2. The highest BCUT2D eigenvalue weighted by Crippen LogP contribution is 2.33. The lowest BCUT2D eigenvalue weighted by atomic mass is 10.1. The van der Waals surface area contributed by atoms with Crippen LogP contribution in [0.4, 0.5) is 0 Å². The second-order valence-electron chi connectivity index (χ2n) is 5.37. The number of nitrogens with one attached hydrogen (secondary N) is 1. The Morgan fingerprint density at radius 3 is 2.13 bits per heavy atom. The van der Waals surface area contributed by atoms with Gasteiger partial charge < -0.3 is 4.98 Å². The summed E-state index contributed by atoms with van der Waals surface area (Å²) in [5, 5.41) is 0.652. The molecular weight excluding hydrogens is 304 g/mol. The number of carbonyl (C=O) groups excluding carboxylic acids is 1. The molecule has 1 unspecified atom stereocenters. The number of rotatable bonds is 5. The molecule has 0 radical (unpaired) electrons. The molecule has 0 fully saturated rings. The molecule has 3 aromatic rings. The molecule has 23 heavy (non-hydrogen) atoms. The Hall–Kier alpha value is -2.33. The van der Waals surface area contributed by atoms with E-state index in [1.807, 2.05) is 55.5 Å². The van der Waals surface area contributed by atoms with E-state index in [4.69, 9.17) is 4.98 Å². The molecule has 0 bridgehead atoms. The van der Waals surface area contributed by atoms with Crippen molar-refractivity contribution in [2.45, 2.75) is 24.3 Å². The zero-order valence-electron chi connectivity index (χ0n) is 13.1. The van der Waals surface area contributed by atoms with Crippen LogP contribution < -0.4 is 0 Å². The largest absolute Gasteiger partial charge is 0.332 e. The van der Waals surface area contributed by atoms with Crippen molar-refractivity contribution in [3.63, 3.8) is 0 Å². The molecule has 0 aliphatic carbocycles. The molecule has 0 aliphatic rings. The number of carbonyl (C=O) groups is 1. The summed E-state index contributed by atoms with van der Waals surface area (Å²) in [7, 11) is 0. The van der Waals surface area contributed by atoms with E-state index in [0.717, 1.165) is 27.7 Å². The van der Waals surface area contributed by atoms with Gasteiger partial charge in [0.15, 0.2) is 5.16 Å². The van der Waals surface area contributed by atoms with Gasteiger partial charge in [-0.2, -0.15) is 0 Å². The number of Topliss-reactive ketones (excluding diaryl/α,β-unsaturated/α-hetero) is 1. The highest BCUT2D eigenvalue weighted by Gasteiger charge is 2.17. The minimum atomic E-state index is -0.117. The molecule has 4 heteroatoms. The minimum Gasteiger partial charge on any atom is -0.332 e. The minimum absolute atomic E-state index is 0.117. The highest BCUT2D eigenvalue weighted by atomic mass is 32.2. The van der Waals surface area contributed by atoms with E-state index in [9.17, 15) is 4.79 Å². The first-order valence-corrected chi connectivity index (χ1v) is 8.41. The lowest BCUT2D eigenvalue weighted by Crippen LogP contribution is -2.08. The van der Waals surface area contributed by atoms with Crippen molar-refractivity contribution in [1.29, 1.82) is 0 Å². The van der Waals surface area contributed by atoms with Gasteiger partial charge in [0.2, 0.25) is 0 Å². The lowest BCUT2D eigenvalue weighted by molar-refractivity contribution is -0.116. The molecule has 1 heterocycles. The molecule has 2 aromatic carbocycles. The molecule has 0 amide bonds. The first kappa shape index (κ1) is 15.6. The van der Waals surface area contributed by atoms with Crippen molar-refractivity contribution in [3.8, 4) is 22.5 Å². The molecule has 1 atom stereocenters. The molecule has 3 nitrogen and oxygen atoms in total. The zero-order valence-corrected chi connectivity index (χ0v) is 13.9. The van der Waals surface area contributed by atoms with E-state index in [0.29, 0.717) is 0 Å². The highest BCUT2D eigenvalue weighted by molar-refractivity contribution is 8.00. The summed E-state index contributed by atoms with van der Waals surface area (Å²) in [4.78, 5) is 19.6. The Bertz CT molecular complexity index is 740. The van der Waals surface area contributed by atoms with Crippen LogP contribution in [0.3, 0.4) is 0 Å². The zero-order chi connectivity index (χ0) is 16.2. The predicted molar refractivity (Wildman–Crippen MR) is 95.5 cm³/mol. The van der Waals surface area contributed by atoms with Crippen LogP contribution in [0.5, 0.6) is 0 Å². The maximum absolute atomic E-state index is 11.5. The van der Waals surface area contributed by atoms with Gasteiger partial charge in [0.1, 0.15) is 5.78 Å². The van der Waals surface area contributed by atoms with E-state index in [1.165, 1.54) is 11.8 Å². The molecule has 116 valence electrons. The third kappa shape index (κ3) is 3.54. The number of ketones is 1. The number of aromatic nitrogens is 2. The molecule has 0 saturated heterocycles. The number of nitrogens with zero attached hydrogens (tertiary/aromatic N) is 1. The van der Waals surface area contributed by atoms with Crippen molar-refractivity contribution in [3.05, 3.63) is 60.7 Å². The second kappa shape index (κ2) is 6.84. The molecule has 0 aliphatic heterocycles. The average Bonchev–Trinajstić information content (AvgIpc) is 3.00. The summed E-state index contributed by atoms with van der Waals surface area (Å²) >= 11 is 1.46. The van der Waals surface area contributed by atoms with E-state index < -0.39 is 0 Å². The predicted octanol–water partition coefficient (Wildman–Crippen LogP) is 4.81. The van der Waals surface area contributed by atoms with Crippen LogP contribution in [0.15, 0.2) is 65.8 Å². The third-order valence-corrected chi connectivity index (χ3v) is 4.75. The van der Waals surface area contributed by atoms with Gasteiger partial charge in [-0.3, -0.25) is 4.79 Å². The topological polar surface area (TPSA) is 45.8 Å². The van der Waals surface area contributed by atoms with Gasteiger partial charge in [0.05, 0.1) is 16.6 Å². The second-order valence-corrected chi connectivity index (χ2v) is 6.70. The monoisotopic (exact) mass is 322 g/mol. The van der Waals surface area contributed by atoms with Gasteiger partial charge in [0, 0.05) is 11.1 Å². The van der Waals surface area contributed by atoms with Crippen molar-refractivity contribution in [2.24, 2.45) is 0 Å². The molecule has 0 spiro atoms. The number of hydrogen-bond donors (Lipinski definition) is 1. The fourth-order valence-corrected chi connectivity index (χ4v) is 3.08. The first-order valence-electron chi connectivity index (χ1n) is 7.53. The van der Waals surface area contributed by atoms with E-state index in [2.05, 4.69) is 17.1 Å². The van der Waals surface area contributed by atoms with Crippen LogP contribution >= 0.6 is 11.8 Å². The summed E-state index contributed by atoms with van der Waals surface area (Å²) in [6.45, 7) is 3.51. The number of hydrogen-bond acceptors (Lipinski definition) is 3.